The van der Waals surface area contributed by atoms with Gasteiger partial charge in [-0.3, -0.25) is 4.79 Å². The molecule has 4 nitrogen and oxygen atoms in total. The standard InChI is InChI=1S/C10H7F2IN2O2/c1-17-8(16)2-5-6(3-14)10(13)15-4-7(5)9(11)12/h4,9H,2H2,1H3. The highest BCUT2D eigenvalue weighted by molar-refractivity contribution is 14.1. The molecule has 0 aromatic carbocycles. The highest BCUT2D eigenvalue weighted by atomic mass is 127. The van der Waals surface area contributed by atoms with E-state index in [1.165, 1.54) is 0 Å². The van der Waals surface area contributed by atoms with E-state index >= 15 is 0 Å². The van der Waals surface area contributed by atoms with Gasteiger partial charge in [-0.2, -0.15) is 5.26 Å². The second kappa shape index (κ2) is 5.86. The molecule has 7 heteroatoms. The molecule has 0 spiro atoms. The minimum atomic E-state index is -2.79. The van der Waals surface area contributed by atoms with E-state index < -0.39 is 18.0 Å². The number of alkyl halides is 2. The van der Waals surface area contributed by atoms with Crippen molar-refractivity contribution in [2.45, 2.75) is 12.8 Å². The first kappa shape index (κ1) is 13.8. The molecule has 0 aliphatic carbocycles. The Bertz CT molecular complexity index is 486. The number of esters is 1. The molecule has 0 saturated carbocycles. The normalized spacial score (nSPS) is 10.1. The van der Waals surface area contributed by atoms with Gasteiger partial charge in [-0.1, -0.05) is 0 Å². The molecule has 0 amide bonds. The monoisotopic (exact) mass is 352 g/mol. The molecule has 0 radical (unpaired) electrons. The van der Waals surface area contributed by atoms with Crippen LogP contribution >= 0.6 is 22.6 Å². The van der Waals surface area contributed by atoms with Crippen molar-refractivity contribution in [3.8, 4) is 6.07 Å². The number of hydrogen-bond donors (Lipinski definition) is 0. The van der Waals surface area contributed by atoms with Crippen LogP contribution in [-0.4, -0.2) is 18.1 Å². The van der Waals surface area contributed by atoms with Crippen LogP contribution in [-0.2, 0) is 16.0 Å². The van der Waals surface area contributed by atoms with Crippen LogP contribution < -0.4 is 0 Å². The zero-order valence-electron chi connectivity index (χ0n) is 8.71. The zero-order chi connectivity index (χ0) is 13.0. The number of carbonyl (C=O) groups excluding carboxylic acids is 1. The van der Waals surface area contributed by atoms with Crippen LogP contribution in [0.4, 0.5) is 8.78 Å². The molecule has 1 heterocycles. The SMILES string of the molecule is COC(=O)Cc1c(C(F)F)cnc(I)c1C#N. The molecule has 0 bridgehead atoms. The van der Waals surface area contributed by atoms with Crippen LogP contribution in [0.1, 0.15) is 23.1 Å². The molecule has 0 atom stereocenters. The second-order valence-electron chi connectivity index (χ2n) is 3.02. The molecule has 0 N–H and O–H groups in total. The summed E-state index contributed by atoms with van der Waals surface area (Å²) < 4.78 is 30.1. The van der Waals surface area contributed by atoms with Crippen molar-refractivity contribution in [1.29, 1.82) is 5.26 Å². The number of aromatic nitrogens is 1. The molecule has 1 aromatic heterocycles. The zero-order valence-corrected chi connectivity index (χ0v) is 10.9. The molecular formula is C10H7F2IN2O2. The summed E-state index contributed by atoms with van der Waals surface area (Å²) in [7, 11) is 1.16. The van der Waals surface area contributed by atoms with Crippen molar-refractivity contribution in [3.63, 3.8) is 0 Å². The summed E-state index contributed by atoms with van der Waals surface area (Å²) in [5.74, 6) is -0.676. The first-order valence-corrected chi connectivity index (χ1v) is 5.51. The van der Waals surface area contributed by atoms with E-state index in [-0.39, 0.29) is 21.2 Å². The van der Waals surface area contributed by atoms with E-state index in [1.54, 1.807) is 28.7 Å². The van der Waals surface area contributed by atoms with Crippen molar-refractivity contribution >= 4 is 28.6 Å². The Morgan fingerprint density at radius 1 is 1.71 bits per heavy atom. The highest BCUT2D eigenvalue weighted by Gasteiger charge is 2.21. The van der Waals surface area contributed by atoms with Crippen LogP contribution in [0.15, 0.2) is 6.20 Å². The summed E-state index contributed by atoms with van der Waals surface area (Å²) in [6.07, 6.45) is -2.17. The molecule has 0 fully saturated rings. The highest BCUT2D eigenvalue weighted by Crippen LogP contribution is 2.27. The number of ether oxygens (including phenoxy) is 1. The third-order valence-electron chi connectivity index (χ3n) is 2.07. The number of nitriles is 1. The maximum absolute atomic E-state index is 12.7. The topological polar surface area (TPSA) is 63.0 Å². The average molecular weight is 352 g/mol. The average Bonchev–Trinajstić information content (AvgIpc) is 2.28. The van der Waals surface area contributed by atoms with Crippen LogP contribution in [0.3, 0.4) is 0 Å². The number of hydrogen-bond acceptors (Lipinski definition) is 4. The van der Waals surface area contributed by atoms with Crippen molar-refractivity contribution in [3.05, 3.63) is 26.6 Å². The minimum Gasteiger partial charge on any atom is -0.469 e. The predicted octanol–water partition coefficient (Wildman–Crippen LogP) is 2.21. The van der Waals surface area contributed by atoms with Gasteiger partial charge >= 0.3 is 5.97 Å². The Morgan fingerprint density at radius 3 is 2.82 bits per heavy atom. The van der Waals surface area contributed by atoms with E-state index in [0.29, 0.717) is 0 Å². The number of rotatable bonds is 3. The second-order valence-corrected chi connectivity index (χ2v) is 4.05. The lowest BCUT2D eigenvalue weighted by molar-refractivity contribution is -0.139. The molecular weight excluding hydrogens is 345 g/mol. The van der Waals surface area contributed by atoms with Gasteiger partial charge in [0.1, 0.15) is 9.77 Å². The van der Waals surface area contributed by atoms with Gasteiger partial charge in [-0.05, 0) is 28.2 Å². The summed E-state index contributed by atoms with van der Waals surface area (Å²) in [6.45, 7) is 0. The van der Waals surface area contributed by atoms with Crippen LogP contribution in [0, 0.1) is 15.0 Å². The first-order valence-electron chi connectivity index (χ1n) is 4.43. The Morgan fingerprint density at radius 2 is 2.35 bits per heavy atom. The van der Waals surface area contributed by atoms with E-state index in [4.69, 9.17) is 5.26 Å². The molecule has 0 unspecified atom stereocenters. The van der Waals surface area contributed by atoms with Crippen molar-refractivity contribution in [2.75, 3.05) is 7.11 Å². The molecule has 17 heavy (non-hydrogen) atoms. The smallest absolute Gasteiger partial charge is 0.310 e. The van der Waals surface area contributed by atoms with E-state index in [1.807, 2.05) is 0 Å². The summed E-state index contributed by atoms with van der Waals surface area (Å²) >= 11 is 1.75. The van der Waals surface area contributed by atoms with Gasteiger partial charge in [-0.25, -0.2) is 13.8 Å². The Kier molecular flexibility index (Phi) is 4.74. The van der Waals surface area contributed by atoms with E-state index in [0.717, 1.165) is 13.3 Å². The lowest BCUT2D eigenvalue weighted by Crippen LogP contribution is -2.11. The van der Waals surface area contributed by atoms with Crippen LogP contribution in [0.5, 0.6) is 0 Å². The van der Waals surface area contributed by atoms with E-state index in [9.17, 15) is 13.6 Å². The number of nitrogens with zero attached hydrogens (tertiary/aromatic N) is 2. The minimum absolute atomic E-state index is 0.00574. The van der Waals surface area contributed by atoms with Crippen LogP contribution in [0.2, 0.25) is 0 Å². The molecule has 0 aliphatic rings. The van der Waals surface area contributed by atoms with Gasteiger partial charge in [-0.15, -0.1) is 0 Å². The van der Waals surface area contributed by atoms with Gasteiger partial charge in [0.2, 0.25) is 0 Å². The molecule has 90 valence electrons. The van der Waals surface area contributed by atoms with Crippen molar-refractivity contribution in [1.82, 2.24) is 4.98 Å². The largest absolute Gasteiger partial charge is 0.469 e. The quantitative estimate of drug-likeness (QED) is 0.475. The van der Waals surface area contributed by atoms with E-state index in [2.05, 4.69) is 9.72 Å². The molecule has 0 saturated heterocycles. The van der Waals surface area contributed by atoms with Gasteiger partial charge in [0.25, 0.3) is 6.43 Å². The lowest BCUT2D eigenvalue weighted by Gasteiger charge is -2.10. The third kappa shape index (κ3) is 3.09. The maximum Gasteiger partial charge on any atom is 0.310 e. The summed E-state index contributed by atoms with van der Waals surface area (Å²) in [5, 5.41) is 8.90. The molecule has 1 aromatic rings. The molecule has 1 rings (SSSR count). The Hall–Kier alpha value is -1.30. The van der Waals surface area contributed by atoms with Crippen molar-refractivity contribution < 1.29 is 18.3 Å². The maximum atomic E-state index is 12.7. The molecule has 0 aliphatic heterocycles. The van der Waals surface area contributed by atoms with Gasteiger partial charge < -0.3 is 4.74 Å². The number of methoxy groups -OCH3 is 1. The fraction of sp³-hybridized carbons (Fsp3) is 0.300. The third-order valence-corrected chi connectivity index (χ3v) is 2.89. The summed E-state index contributed by atoms with van der Waals surface area (Å²) in [5.41, 5.74) is -0.435. The summed E-state index contributed by atoms with van der Waals surface area (Å²) in [6, 6.07) is 1.78. The van der Waals surface area contributed by atoms with Gasteiger partial charge in [0.15, 0.2) is 0 Å². The Balaban J connectivity index is 3.35. The summed E-state index contributed by atoms with van der Waals surface area (Å²) in [4.78, 5) is 14.8. The number of pyridine rings is 1. The lowest BCUT2D eigenvalue weighted by atomic mass is 10.0. The van der Waals surface area contributed by atoms with Crippen molar-refractivity contribution in [2.24, 2.45) is 0 Å². The first-order chi connectivity index (χ1) is 8.01. The fourth-order valence-corrected chi connectivity index (χ4v) is 1.83. The predicted molar refractivity (Wildman–Crippen MR) is 62.3 cm³/mol. The van der Waals surface area contributed by atoms with Gasteiger partial charge in [0.05, 0.1) is 19.1 Å². The fourth-order valence-electron chi connectivity index (χ4n) is 1.25. The van der Waals surface area contributed by atoms with Gasteiger partial charge in [0, 0.05) is 11.8 Å². The number of halogens is 3. The van der Waals surface area contributed by atoms with Crippen LogP contribution in [0.25, 0.3) is 0 Å². The Labute approximate surface area is 110 Å². The number of carbonyl (C=O) groups is 1.